The molecule has 0 saturated carbocycles. The number of benzene rings is 3. The molecule has 0 aliphatic carbocycles. The number of carbonyl (C=O) groups excluding carboxylic acids is 2. The first-order valence-corrected chi connectivity index (χ1v) is 10.4. The van der Waals surface area contributed by atoms with Gasteiger partial charge in [-0.15, -0.1) is 0 Å². The van der Waals surface area contributed by atoms with Crippen molar-refractivity contribution in [1.82, 2.24) is 0 Å². The molecule has 0 atom stereocenters. The van der Waals surface area contributed by atoms with E-state index < -0.39 is 23.4 Å². The summed E-state index contributed by atoms with van der Waals surface area (Å²) < 4.78 is 5.31. The van der Waals surface area contributed by atoms with Gasteiger partial charge in [0.2, 0.25) is 5.91 Å². The number of hydrogen-bond donors (Lipinski definition) is 3. The van der Waals surface area contributed by atoms with E-state index >= 15 is 0 Å². The highest BCUT2D eigenvalue weighted by Gasteiger charge is 2.19. The van der Waals surface area contributed by atoms with E-state index in [1.807, 2.05) is 50.2 Å². The number of rotatable bonds is 6. The van der Waals surface area contributed by atoms with Crippen LogP contribution in [0.25, 0.3) is 11.1 Å². The normalized spacial score (nSPS) is 10.7. The molecule has 0 aromatic heterocycles. The predicted octanol–water partition coefficient (Wildman–Crippen LogP) is 4.18. The quantitative estimate of drug-likeness (QED) is 0.481. The van der Waals surface area contributed by atoms with Gasteiger partial charge in [-0.1, -0.05) is 42.2 Å². The SMILES string of the molecule is COC(C)(C)C#Cc1ccc(-c2ccccc2NC(=O)c2ccc(C(=O)O)cc2C(N)=O)cc1. The smallest absolute Gasteiger partial charge is 0.335 e. The molecule has 0 unspecified atom stereocenters. The molecule has 3 aromatic rings. The molecule has 34 heavy (non-hydrogen) atoms. The Bertz CT molecular complexity index is 1310. The van der Waals surface area contributed by atoms with E-state index in [1.165, 1.54) is 12.1 Å². The Morgan fingerprint density at radius 1 is 0.971 bits per heavy atom. The summed E-state index contributed by atoms with van der Waals surface area (Å²) in [6.45, 7) is 3.76. The highest BCUT2D eigenvalue weighted by molar-refractivity contribution is 6.13. The lowest BCUT2D eigenvalue weighted by Gasteiger charge is -2.14. The Morgan fingerprint density at radius 2 is 1.65 bits per heavy atom. The molecule has 3 rings (SSSR count). The number of nitrogens with two attached hydrogens (primary N) is 1. The number of carboxylic acid groups (broad SMARTS) is 1. The molecule has 0 fully saturated rings. The second-order valence-electron chi connectivity index (χ2n) is 7.97. The van der Waals surface area contributed by atoms with Crippen LogP contribution in [0.2, 0.25) is 0 Å². The molecule has 0 bridgehead atoms. The summed E-state index contributed by atoms with van der Waals surface area (Å²) in [4.78, 5) is 36.0. The van der Waals surface area contributed by atoms with Crippen LogP contribution in [-0.2, 0) is 4.74 Å². The fourth-order valence-electron chi connectivity index (χ4n) is 3.12. The number of nitrogens with one attached hydrogen (secondary N) is 1. The number of para-hydroxylation sites is 1. The maximum Gasteiger partial charge on any atom is 0.335 e. The van der Waals surface area contributed by atoms with Crippen molar-refractivity contribution in [3.63, 3.8) is 0 Å². The number of amides is 2. The van der Waals surface area contributed by atoms with E-state index in [-0.39, 0.29) is 16.7 Å². The molecule has 0 radical (unpaired) electrons. The molecule has 7 heteroatoms. The van der Waals surface area contributed by atoms with E-state index in [4.69, 9.17) is 15.6 Å². The van der Waals surface area contributed by atoms with Crippen LogP contribution in [0.15, 0.2) is 66.7 Å². The van der Waals surface area contributed by atoms with Gasteiger partial charge in [-0.3, -0.25) is 9.59 Å². The number of hydrogen-bond acceptors (Lipinski definition) is 4. The van der Waals surface area contributed by atoms with Crippen LogP contribution in [-0.4, -0.2) is 35.6 Å². The third-order valence-corrected chi connectivity index (χ3v) is 5.17. The lowest BCUT2D eigenvalue weighted by Crippen LogP contribution is -2.21. The summed E-state index contributed by atoms with van der Waals surface area (Å²) in [5.41, 5.74) is 7.45. The molecule has 4 N–H and O–H groups in total. The minimum absolute atomic E-state index is 0.0151. The molecule has 0 heterocycles. The summed E-state index contributed by atoms with van der Waals surface area (Å²) in [7, 11) is 1.61. The largest absolute Gasteiger partial charge is 0.478 e. The predicted molar refractivity (Wildman–Crippen MR) is 130 cm³/mol. The third-order valence-electron chi connectivity index (χ3n) is 5.17. The van der Waals surface area contributed by atoms with Crippen molar-refractivity contribution >= 4 is 23.5 Å². The van der Waals surface area contributed by atoms with Gasteiger partial charge in [-0.2, -0.15) is 0 Å². The molecule has 7 nitrogen and oxygen atoms in total. The van der Waals surface area contributed by atoms with Crippen molar-refractivity contribution in [3.05, 3.63) is 89.0 Å². The van der Waals surface area contributed by atoms with Crippen LogP contribution in [0, 0.1) is 11.8 Å². The number of aromatic carboxylic acids is 1. The van der Waals surface area contributed by atoms with Crippen LogP contribution < -0.4 is 11.1 Å². The van der Waals surface area contributed by atoms with Gasteiger partial charge < -0.3 is 20.9 Å². The monoisotopic (exact) mass is 456 g/mol. The molecule has 3 aromatic carbocycles. The Morgan fingerprint density at radius 3 is 2.26 bits per heavy atom. The highest BCUT2D eigenvalue weighted by Crippen LogP contribution is 2.29. The lowest BCUT2D eigenvalue weighted by atomic mass is 10.00. The van der Waals surface area contributed by atoms with E-state index in [0.29, 0.717) is 5.69 Å². The average Bonchev–Trinajstić information content (AvgIpc) is 2.83. The van der Waals surface area contributed by atoms with Gasteiger partial charge in [-0.05, 0) is 55.8 Å². The minimum atomic E-state index is -1.22. The van der Waals surface area contributed by atoms with Crippen LogP contribution in [0.1, 0.15) is 50.5 Å². The van der Waals surface area contributed by atoms with Gasteiger partial charge in [0, 0.05) is 23.9 Å². The summed E-state index contributed by atoms with van der Waals surface area (Å²) >= 11 is 0. The van der Waals surface area contributed by atoms with Crippen molar-refractivity contribution in [1.29, 1.82) is 0 Å². The summed E-state index contributed by atoms with van der Waals surface area (Å²) in [5.74, 6) is 3.45. The molecule has 2 amide bonds. The standard InChI is InChI=1S/C27H24N2O5/c1-27(2,34-3)15-14-17-8-10-18(11-9-17)20-6-4-5-7-23(20)29-25(31)21-13-12-19(26(32)33)16-22(21)24(28)30/h4-13,16H,1-3H3,(H2,28,30)(H,29,31)(H,32,33). The molecule has 0 saturated heterocycles. The second-order valence-corrected chi connectivity index (χ2v) is 7.97. The average molecular weight is 456 g/mol. The maximum absolute atomic E-state index is 13.0. The van der Waals surface area contributed by atoms with Crippen molar-refractivity contribution in [3.8, 4) is 23.0 Å². The van der Waals surface area contributed by atoms with Gasteiger partial charge in [0.1, 0.15) is 5.60 Å². The lowest BCUT2D eigenvalue weighted by molar-refractivity contribution is 0.0695. The topological polar surface area (TPSA) is 119 Å². The van der Waals surface area contributed by atoms with E-state index in [1.54, 1.807) is 19.2 Å². The van der Waals surface area contributed by atoms with Gasteiger partial charge in [0.25, 0.3) is 5.91 Å². The number of carbonyl (C=O) groups is 3. The van der Waals surface area contributed by atoms with Crippen LogP contribution in [0.5, 0.6) is 0 Å². The number of methoxy groups -OCH3 is 1. The summed E-state index contributed by atoms with van der Waals surface area (Å²) in [6.07, 6.45) is 0. The fourth-order valence-corrected chi connectivity index (χ4v) is 3.12. The van der Waals surface area contributed by atoms with Gasteiger partial charge in [0.05, 0.1) is 16.7 Å². The van der Waals surface area contributed by atoms with Crippen molar-refractivity contribution in [2.75, 3.05) is 12.4 Å². The molecule has 0 spiro atoms. The zero-order valence-electron chi connectivity index (χ0n) is 19.0. The minimum Gasteiger partial charge on any atom is -0.478 e. The highest BCUT2D eigenvalue weighted by atomic mass is 16.5. The van der Waals surface area contributed by atoms with Gasteiger partial charge >= 0.3 is 5.97 Å². The first-order valence-electron chi connectivity index (χ1n) is 10.4. The van der Waals surface area contributed by atoms with Gasteiger partial charge in [0.15, 0.2) is 0 Å². The number of ether oxygens (including phenoxy) is 1. The van der Waals surface area contributed by atoms with Crippen LogP contribution >= 0.6 is 0 Å². The number of carboxylic acids is 1. The fraction of sp³-hybridized carbons (Fsp3) is 0.148. The molecule has 172 valence electrons. The first-order chi connectivity index (χ1) is 16.1. The first kappa shape index (κ1) is 24.2. The zero-order chi connectivity index (χ0) is 24.9. The summed E-state index contributed by atoms with van der Waals surface area (Å²) in [6, 6.07) is 18.4. The van der Waals surface area contributed by atoms with E-state index in [9.17, 15) is 14.4 Å². The Kier molecular flexibility index (Phi) is 7.15. The van der Waals surface area contributed by atoms with Gasteiger partial charge in [-0.25, -0.2) is 4.79 Å². The zero-order valence-corrected chi connectivity index (χ0v) is 19.0. The van der Waals surface area contributed by atoms with Crippen LogP contribution in [0.4, 0.5) is 5.69 Å². The maximum atomic E-state index is 13.0. The second kappa shape index (κ2) is 10.0. The van der Waals surface area contributed by atoms with E-state index in [0.717, 1.165) is 22.8 Å². The van der Waals surface area contributed by atoms with Crippen molar-refractivity contribution in [2.45, 2.75) is 19.4 Å². The molecule has 0 aliphatic rings. The number of anilines is 1. The molecule has 0 aliphatic heterocycles. The van der Waals surface area contributed by atoms with E-state index in [2.05, 4.69) is 17.2 Å². The van der Waals surface area contributed by atoms with Crippen LogP contribution in [0.3, 0.4) is 0 Å². The Hall–Kier alpha value is -4.41. The van der Waals surface area contributed by atoms with Crippen molar-refractivity contribution < 1.29 is 24.2 Å². The third kappa shape index (κ3) is 5.68. The molecular formula is C27H24N2O5. The Balaban J connectivity index is 1.90. The Labute approximate surface area is 197 Å². The molecular weight excluding hydrogens is 432 g/mol. The van der Waals surface area contributed by atoms with Crippen molar-refractivity contribution in [2.24, 2.45) is 5.73 Å². The number of primary amides is 1. The summed E-state index contributed by atoms with van der Waals surface area (Å²) in [5, 5.41) is 12.0.